The SMILES string of the molecule is CCC(=O)N1CCSC12C(=O)N(Cc1cccc(OC)c1)c1ccccc12. The standard InChI is InChI=1S/C21H22N2O3S/c1-3-19(24)23-11-12-27-21(23)17-9-4-5-10-18(17)22(20(21)25)14-15-7-6-8-16(13-15)26-2/h4-10,13H,3,11-12,14H2,1-2H3. The first-order valence-electron chi connectivity index (χ1n) is 9.10. The number of anilines is 1. The van der Waals surface area contributed by atoms with E-state index in [1.807, 2.05) is 55.5 Å². The molecular formula is C21H22N2O3S. The summed E-state index contributed by atoms with van der Waals surface area (Å²) in [6.07, 6.45) is 0.396. The minimum absolute atomic E-state index is 0.0198. The molecule has 1 atom stereocenters. The van der Waals surface area contributed by atoms with Gasteiger partial charge in [0.15, 0.2) is 4.87 Å². The van der Waals surface area contributed by atoms with Crippen molar-refractivity contribution in [3.05, 3.63) is 59.7 Å². The number of hydrogen-bond acceptors (Lipinski definition) is 4. The molecule has 0 bridgehead atoms. The Kier molecular flexibility index (Phi) is 4.60. The van der Waals surface area contributed by atoms with Gasteiger partial charge in [0.1, 0.15) is 5.75 Å². The van der Waals surface area contributed by atoms with Gasteiger partial charge in [-0.25, -0.2) is 0 Å². The van der Waals surface area contributed by atoms with Crippen molar-refractivity contribution in [2.75, 3.05) is 24.3 Å². The molecule has 2 aliphatic rings. The number of carbonyl (C=O) groups is 2. The average Bonchev–Trinajstić information content (AvgIpc) is 3.25. The molecule has 2 aromatic carbocycles. The molecule has 6 heteroatoms. The summed E-state index contributed by atoms with van der Waals surface area (Å²) in [6, 6.07) is 15.6. The third kappa shape index (κ3) is 2.70. The zero-order chi connectivity index (χ0) is 19.0. The highest BCUT2D eigenvalue weighted by Crippen LogP contribution is 2.54. The maximum absolute atomic E-state index is 13.7. The van der Waals surface area contributed by atoms with E-state index in [-0.39, 0.29) is 11.8 Å². The van der Waals surface area contributed by atoms with Crippen LogP contribution in [0.25, 0.3) is 0 Å². The van der Waals surface area contributed by atoms with Crippen molar-refractivity contribution in [3.8, 4) is 5.75 Å². The molecule has 1 saturated heterocycles. The maximum Gasteiger partial charge on any atom is 0.268 e. The lowest BCUT2D eigenvalue weighted by atomic mass is 10.1. The summed E-state index contributed by atoms with van der Waals surface area (Å²) in [5.74, 6) is 1.51. The first-order valence-corrected chi connectivity index (χ1v) is 10.1. The molecule has 1 fully saturated rings. The molecule has 27 heavy (non-hydrogen) atoms. The Balaban J connectivity index is 1.77. The van der Waals surface area contributed by atoms with Gasteiger partial charge >= 0.3 is 0 Å². The van der Waals surface area contributed by atoms with E-state index in [4.69, 9.17) is 4.74 Å². The van der Waals surface area contributed by atoms with Crippen LogP contribution in [0.15, 0.2) is 48.5 Å². The summed E-state index contributed by atoms with van der Waals surface area (Å²) in [6.45, 7) is 2.90. The van der Waals surface area contributed by atoms with Gasteiger partial charge in [-0.3, -0.25) is 9.59 Å². The first-order chi connectivity index (χ1) is 13.1. The Morgan fingerprint density at radius 3 is 2.81 bits per heavy atom. The van der Waals surface area contributed by atoms with Crippen molar-refractivity contribution < 1.29 is 14.3 Å². The quantitative estimate of drug-likeness (QED) is 0.813. The Morgan fingerprint density at radius 2 is 2.04 bits per heavy atom. The number of methoxy groups -OCH3 is 1. The molecule has 2 aliphatic heterocycles. The van der Waals surface area contributed by atoms with E-state index < -0.39 is 4.87 Å². The molecule has 0 aromatic heterocycles. The molecule has 1 spiro atoms. The van der Waals surface area contributed by atoms with Crippen LogP contribution in [0.2, 0.25) is 0 Å². The molecule has 0 aliphatic carbocycles. The molecule has 0 saturated carbocycles. The number of ether oxygens (including phenoxy) is 1. The summed E-state index contributed by atoms with van der Waals surface area (Å²) in [5.41, 5.74) is 2.79. The Bertz CT molecular complexity index is 901. The van der Waals surface area contributed by atoms with Gasteiger partial charge < -0.3 is 14.5 Å². The van der Waals surface area contributed by atoms with Crippen LogP contribution >= 0.6 is 11.8 Å². The molecule has 2 aromatic rings. The number of fused-ring (bicyclic) bond motifs is 2. The lowest BCUT2D eigenvalue weighted by Crippen LogP contribution is -2.50. The van der Waals surface area contributed by atoms with Gasteiger partial charge in [-0.2, -0.15) is 0 Å². The predicted octanol–water partition coefficient (Wildman–Crippen LogP) is 3.38. The molecule has 2 heterocycles. The van der Waals surface area contributed by atoms with E-state index in [0.29, 0.717) is 19.5 Å². The monoisotopic (exact) mass is 382 g/mol. The zero-order valence-corrected chi connectivity index (χ0v) is 16.3. The highest BCUT2D eigenvalue weighted by atomic mass is 32.2. The van der Waals surface area contributed by atoms with Crippen LogP contribution in [0.4, 0.5) is 5.69 Å². The fraction of sp³-hybridized carbons (Fsp3) is 0.333. The maximum atomic E-state index is 13.7. The number of thioether (sulfide) groups is 1. The van der Waals surface area contributed by atoms with Crippen LogP contribution in [-0.2, 0) is 21.0 Å². The fourth-order valence-electron chi connectivity index (χ4n) is 3.92. The normalized spacial score (nSPS) is 21.0. The minimum atomic E-state index is -0.928. The number of para-hydroxylation sites is 1. The predicted molar refractivity (Wildman–Crippen MR) is 107 cm³/mol. The molecule has 5 nitrogen and oxygen atoms in total. The molecule has 0 N–H and O–H groups in total. The van der Waals surface area contributed by atoms with Gasteiger partial charge in [-0.1, -0.05) is 37.3 Å². The lowest BCUT2D eigenvalue weighted by molar-refractivity contribution is -0.139. The summed E-state index contributed by atoms with van der Waals surface area (Å²) in [5, 5.41) is 0. The number of carbonyl (C=O) groups excluding carboxylic acids is 2. The fourth-order valence-corrected chi connectivity index (χ4v) is 5.40. The topological polar surface area (TPSA) is 49.9 Å². The van der Waals surface area contributed by atoms with Gasteiger partial charge in [0.25, 0.3) is 5.91 Å². The zero-order valence-electron chi connectivity index (χ0n) is 15.5. The average molecular weight is 382 g/mol. The second-order valence-electron chi connectivity index (χ2n) is 6.65. The lowest BCUT2D eigenvalue weighted by Gasteiger charge is -2.33. The number of benzene rings is 2. The third-order valence-corrected chi connectivity index (χ3v) is 6.60. The van der Waals surface area contributed by atoms with Crippen LogP contribution in [0, 0.1) is 0 Å². The van der Waals surface area contributed by atoms with E-state index in [0.717, 1.165) is 28.3 Å². The van der Waals surface area contributed by atoms with Gasteiger partial charge in [-0.05, 0) is 23.8 Å². The van der Waals surface area contributed by atoms with Crippen LogP contribution in [0.3, 0.4) is 0 Å². The largest absolute Gasteiger partial charge is 0.497 e. The Labute approximate surface area is 163 Å². The van der Waals surface area contributed by atoms with Crippen LogP contribution in [0.1, 0.15) is 24.5 Å². The van der Waals surface area contributed by atoms with Gasteiger partial charge in [0.05, 0.1) is 19.3 Å². The minimum Gasteiger partial charge on any atom is -0.497 e. The second kappa shape index (κ2) is 6.93. The highest BCUT2D eigenvalue weighted by molar-refractivity contribution is 8.01. The second-order valence-corrected chi connectivity index (χ2v) is 7.94. The number of rotatable bonds is 4. The first kappa shape index (κ1) is 17.9. The molecular weight excluding hydrogens is 360 g/mol. The van der Waals surface area contributed by atoms with Crippen molar-refractivity contribution in [2.45, 2.75) is 24.8 Å². The number of nitrogens with zero attached hydrogens (tertiary/aromatic N) is 2. The number of amides is 2. The Morgan fingerprint density at radius 1 is 1.22 bits per heavy atom. The van der Waals surface area contributed by atoms with Crippen LogP contribution < -0.4 is 9.64 Å². The smallest absolute Gasteiger partial charge is 0.268 e. The van der Waals surface area contributed by atoms with E-state index >= 15 is 0 Å². The van der Waals surface area contributed by atoms with Gasteiger partial charge in [0, 0.05) is 24.3 Å². The molecule has 0 radical (unpaired) electrons. The Hall–Kier alpha value is -2.47. The van der Waals surface area contributed by atoms with E-state index in [2.05, 4.69) is 0 Å². The molecule has 2 amide bonds. The van der Waals surface area contributed by atoms with Crippen LogP contribution in [-0.4, -0.2) is 36.1 Å². The van der Waals surface area contributed by atoms with Crippen molar-refractivity contribution in [3.63, 3.8) is 0 Å². The third-order valence-electron chi connectivity index (χ3n) is 5.18. The van der Waals surface area contributed by atoms with E-state index in [1.54, 1.807) is 28.7 Å². The summed E-state index contributed by atoms with van der Waals surface area (Å²) < 4.78 is 5.31. The summed E-state index contributed by atoms with van der Waals surface area (Å²) >= 11 is 1.57. The van der Waals surface area contributed by atoms with Gasteiger partial charge in [-0.15, -0.1) is 11.8 Å². The highest BCUT2D eigenvalue weighted by Gasteiger charge is 2.58. The van der Waals surface area contributed by atoms with Crippen molar-refractivity contribution in [1.29, 1.82) is 0 Å². The summed E-state index contributed by atoms with van der Waals surface area (Å²) in [4.78, 5) is 28.9. The number of hydrogen-bond donors (Lipinski definition) is 0. The van der Waals surface area contributed by atoms with Crippen molar-refractivity contribution in [1.82, 2.24) is 4.90 Å². The van der Waals surface area contributed by atoms with Crippen LogP contribution in [0.5, 0.6) is 5.75 Å². The summed E-state index contributed by atoms with van der Waals surface area (Å²) in [7, 11) is 1.63. The molecule has 140 valence electrons. The molecule has 1 unspecified atom stereocenters. The van der Waals surface area contributed by atoms with E-state index in [1.165, 1.54) is 0 Å². The molecule has 4 rings (SSSR count). The van der Waals surface area contributed by atoms with Gasteiger partial charge in [0.2, 0.25) is 5.91 Å². The van der Waals surface area contributed by atoms with Crippen molar-refractivity contribution in [2.24, 2.45) is 0 Å². The van der Waals surface area contributed by atoms with E-state index in [9.17, 15) is 9.59 Å². The van der Waals surface area contributed by atoms with Crippen molar-refractivity contribution >= 4 is 29.3 Å².